The molecule has 3 heteroatoms. The van der Waals surface area contributed by atoms with Gasteiger partial charge in [0.05, 0.1) is 0 Å². The van der Waals surface area contributed by atoms with E-state index < -0.39 is 0 Å². The molecule has 0 aliphatic heterocycles. The van der Waals surface area contributed by atoms with Crippen molar-refractivity contribution in [3.63, 3.8) is 0 Å². The minimum absolute atomic E-state index is 0.633. The van der Waals surface area contributed by atoms with Gasteiger partial charge in [-0.05, 0) is 44.6 Å². The standard InChI is InChI=1S/C16H28N2S/c1-4-6-13(2)17-11-14(3)18(15-8-9-15)12-16-7-5-10-19-16/h5,7,10,13-15,17H,4,6,8-9,11-12H2,1-3H3. The Kier molecular flexibility index (Phi) is 5.86. The fourth-order valence-electron chi connectivity index (χ4n) is 2.66. The highest BCUT2D eigenvalue weighted by Gasteiger charge is 2.32. The Morgan fingerprint density at radius 1 is 1.42 bits per heavy atom. The predicted molar refractivity (Wildman–Crippen MR) is 84.7 cm³/mol. The van der Waals surface area contributed by atoms with Crippen LogP contribution in [0.5, 0.6) is 0 Å². The normalized spacial score (nSPS) is 18.7. The molecular weight excluding hydrogens is 252 g/mol. The summed E-state index contributed by atoms with van der Waals surface area (Å²) in [5.41, 5.74) is 0. The number of rotatable bonds is 9. The van der Waals surface area contributed by atoms with Crippen LogP contribution in [-0.4, -0.2) is 29.6 Å². The maximum atomic E-state index is 3.69. The third kappa shape index (κ3) is 4.90. The molecule has 2 nitrogen and oxygen atoms in total. The highest BCUT2D eigenvalue weighted by molar-refractivity contribution is 7.09. The lowest BCUT2D eigenvalue weighted by atomic mass is 10.2. The molecule has 1 N–H and O–H groups in total. The zero-order valence-electron chi connectivity index (χ0n) is 12.6. The van der Waals surface area contributed by atoms with Gasteiger partial charge in [-0.3, -0.25) is 4.90 Å². The fourth-order valence-corrected chi connectivity index (χ4v) is 3.37. The lowest BCUT2D eigenvalue weighted by molar-refractivity contribution is 0.183. The highest BCUT2D eigenvalue weighted by Crippen LogP contribution is 2.30. The third-order valence-electron chi connectivity index (χ3n) is 3.98. The molecule has 1 aromatic heterocycles. The average Bonchev–Trinajstić information content (AvgIpc) is 3.10. The van der Waals surface area contributed by atoms with Gasteiger partial charge in [-0.15, -0.1) is 11.3 Å². The maximum absolute atomic E-state index is 3.69. The zero-order chi connectivity index (χ0) is 13.7. The Morgan fingerprint density at radius 2 is 2.21 bits per heavy atom. The van der Waals surface area contributed by atoms with Gasteiger partial charge in [0.1, 0.15) is 0 Å². The van der Waals surface area contributed by atoms with Gasteiger partial charge in [0.2, 0.25) is 0 Å². The van der Waals surface area contributed by atoms with Gasteiger partial charge in [0.15, 0.2) is 0 Å². The molecule has 0 spiro atoms. The molecule has 2 rings (SSSR count). The summed E-state index contributed by atoms with van der Waals surface area (Å²) >= 11 is 1.88. The van der Waals surface area contributed by atoms with Crippen molar-refractivity contribution in [3.05, 3.63) is 22.4 Å². The summed E-state index contributed by atoms with van der Waals surface area (Å²) in [7, 11) is 0. The van der Waals surface area contributed by atoms with E-state index in [0.717, 1.165) is 19.1 Å². The second-order valence-electron chi connectivity index (χ2n) is 5.93. The van der Waals surface area contributed by atoms with Gasteiger partial charge in [-0.25, -0.2) is 0 Å². The van der Waals surface area contributed by atoms with Crippen LogP contribution in [0.15, 0.2) is 17.5 Å². The van der Waals surface area contributed by atoms with Gasteiger partial charge in [-0.1, -0.05) is 19.4 Å². The van der Waals surface area contributed by atoms with Crippen LogP contribution in [0.2, 0.25) is 0 Å². The minimum atomic E-state index is 0.633. The van der Waals surface area contributed by atoms with E-state index in [1.54, 1.807) is 0 Å². The number of nitrogens with zero attached hydrogens (tertiary/aromatic N) is 1. The monoisotopic (exact) mass is 280 g/mol. The molecule has 1 aliphatic rings. The number of hydrogen-bond acceptors (Lipinski definition) is 3. The van der Waals surface area contributed by atoms with E-state index in [4.69, 9.17) is 0 Å². The average molecular weight is 280 g/mol. The van der Waals surface area contributed by atoms with Crippen LogP contribution in [0.4, 0.5) is 0 Å². The summed E-state index contributed by atoms with van der Waals surface area (Å²) in [5, 5.41) is 5.87. The second-order valence-corrected chi connectivity index (χ2v) is 6.96. The Balaban J connectivity index is 1.81. The second kappa shape index (κ2) is 7.41. The smallest absolute Gasteiger partial charge is 0.0334 e. The summed E-state index contributed by atoms with van der Waals surface area (Å²) in [6, 6.07) is 6.54. The van der Waals surface area contributed by atoms with Crippen molar-refractivity contribution in [1.29, 1.82) is 0 Å². The van der Waals surface area contributed by atoms with E-state index in [1.165, 1.54) is 30.6 Å². The van der Waals surface area contributed by atoms with Crippen molar-refractivity contribution in [2.24, 2.45) is 0 Å². The number of thiophene rings is 1. The Bertz CT molecular complexity index is 346. The van der Waals surface area contributed by atoms with Gasteiger partial charge in [0, 0.05) is 36.1 Å². The van der Waals surface area contributed by atoms with Crippen LogP contribution in [-0.2, 0) is 6.54 Å². The SMILES string of the molecule is CCCC(C)NCC(C)N(Cc1cccs1)C1CC1. The van der Waals surface area contributed by atoms with Gasteiger partial charge in [-0.2, -0.15) is 0 Å². The van der Waals surface area contributed by atoms with Gasteiger partial charge in [0.25, 0.3) is 0 Å². The first kappa shape index (κ1) is 15.0. The molecule has 1 aliphatic carbocycles. The van der Waals surface area contributed by atoms with E-state index in [1.807, 2.05) is 11.3 Å². The molecule has 0 bridgehead atoms. The third-order valence-corrected chi connectivity index (χ3v) is 4.85. The molecular formula is C16H28N2S. The van der Waals surface area contributed by atoms with Crippen molar-refractivity contribution in [1.82, 2.24) is 10.2 Å². The summed E-state index contributed by atoms with van der Waals surface area (Å²) in [6.07, 6.45) is 5.33. The Hall–Kier alpha value is -0.380. The molecule has 2 unspecified atom stereocenters. The van der Waals surface area contributed by atoms with E-state index in [2.05, 4.69) is 48.5 Å². The Labute approximate surface area is 122 Å². The summed E-state index contributed by atoms with van der Waals surface area (Å²) in [4.78, 5) is 4.19. The lowest BCUT2D eigenvalue weighted by Gasteiger charge is -2.30. The molecule has 0 aromatic carbocycles. The van der Waals surface area contributed by atoms with E-state index in [9.17, 15) is 0 Å². The summed E-state index contributed by atoms with van der Waals surface area (Å²) in [6.45, 7) is 9.18. The quantitative estimate of drug-likeness (QED) is 0.738. The van der Waals surface area contributed by atoms with Crippen molar-refractivity contribution >= 4 is 11.3 Å². The van der Waals surface area contributed by atoms with Crippen LogP contribution >= 0.6 is 11.3 Å². The van der Waals surface area contributed by atoms with Gasteiger partial charge < -0.3 is 5.32 Å². The molecule has 1 heterocycles. The first-order chi connectivity index (χ1) is 9.20. The molecule has 2 atom stereocenters. The molecule has 19 heavy (non-hydrogen) atoms. The largest absolute Gasteiger partial charge is 0.313 e. The van der Waals surface area contributed by atoms with Crippen LogP contribution in [0.25, 0.3) is 0 Å². The van der Waals surface area contributed by atoms with E-state index in [0.29, 0.717) is 12.1 Å². The highest BCUT2D eigenvalue weighted by atomic mass is 32.1. The lowest BCUT2D eigenvalue weighted by Crippen LogP contribution is -2.43. The molecule has 0 radical (unpaired) electrons. The maximum Gasteiger partial charge on any atom is 0.0334 e. The van der Waals surface area contributed by atoms with Crippen LogP contribution in [0.1, 0.15) is 51.3 Å². The molecule has 0 amide bonds. The first-order valence-electron chi connectivity index (χ1n) is 7.72. The van der Waals surface area contributed by atoms with Crippen molar-refractivity contribution in [2.75, 3.05) is 6.54 Å². The van der Waals surface area contributed by atoms with E-state index >= 15 is 0 Å². The van der Waals surface area contributed by atoms with Crippen LogP contribution < -0.4 is 5.32 Å². The number of nitrogens with one attached hydrogen (secondary N) is 1. The molecule has 108 valence electrons. The van der Waals surface area contributed by atoms with Crippen LogP contribution in [0.3, 0.4) is 0 Å². The minimum Gasteiger partial charge on any atom is -0.313 e. The summed E-state index contributed by atoms with van der Waals surface area (Å²) < 4.78 is 0. The number of hydrogen-bond donors (Lipinski definition) is 1. The molecule has 1 aromatic rings. The zero-order valence-corrected chi connectivity index (χ0v) is 13.4. The Morgan fingerprint density at radius 3 is 2.79 bits per heavy atom. The fraction of sp³-hybridized carbons (Fsp3) is 0.750. The molecule has 0 saturated heterocycles. The van der Waals surface area contributed by atoms with E-state index in [-0.39, 0.29) is 0 Å². The molecule has 1 fully saturated rings. The first-order valence-corrected chi connectivity index (χ1v) is 8.60. The van der Waals surface area contributed by atoms with Crippen molar-refractivity contribution in [3.8, 4) is 0 Å². The predicted octanol–water partition coefficient (Wildman–Crippen LogP) is 3.88. The summed E-state index contributed by atoms with van der Waals surface area (Å²) in [5.74, 6) is 0. The van der Waals surface area contributed by atoms with Crippen LogP contribution in [0, 0.1) is 0 Å². The van der Waals surface area contributed by atoms with Crippen molar-refractivity contribution in [2.45, 2.75) is 71.1 Å². The molecule has 1 saturated carbocycles. The van der Waals surface area contributed by atoms with Crippen molar-refractivity contribution < 1.29 is 0 Å². The van der Waals surface area contributed by atoms with Gasteiger partial charge >= 0.3 is 0 Å². The topological polar surface area (TPSA) is 15.3 Å².